The molecule has 0 saturated carbocycles. The maximum absolute atomic E-state index is 13.3. The molecule has 0 bridgehead atoms. The van der Waals surface area contributed by atoms with Crippen molar-refractivity contribution in [2.24, 2.45) is 0 Å². The number of likely N-dealkylation sites (N-methyl/N-ethyl adjacent to an activating group) is 1. The summed E-state index contributed by atoms with van der Waals surface area (Å²) >= 11 is 11.6. The van der Waals surface area contributed by atoms with Gasteiger partial charge in [0.15, 0.2) is 0 Å². The minimum atomic E-state index is -4.94. The molecule has 0 spiro atoms. The average molecular weight is 423 g/mol. The van der Waals surface area contributed by atoms with Crippen molar-refractivity contribution < 1.29 is 27.2 Å². The fourth-order valence-electron chi connectivity index (χ4n) is 2.16. The zero-order valence-electron chi connectivity index (χ0n) is 13.7. The SMILES string of the molecule is CN(CC(=O)Nc1ccc(Cl)c(Cl)c1)C(=O)c1ccc(F)c(C(F)(F)F)c1. The first kappa shape index (κ1) is 21.0. The Morgan fingerprint density at radius 3 is 2.33 bits per heavy atom. The van der Waals surface area contributed by atoms with E-state index >= 15 is 0 Å². The first-order chi connectivity index (χ1) is 12.5. The third kappa shape index (κ3) is 5.33. The zero-order valence-corrected chi connectivity index (χ0v) is 15.2. The molecule has 0 aliphatic heterocycles. The van der Waals surface area contributed by atoms with Gasteiger partial charge in [0.1, 0.15) is 5.82 Å². The van der Waals surface area contributed by atoms with Crippen molar-refractivity contribution in [1.82, 2.24) is 4.90 Å². The molecule has 0 heterocycles. The number of nitrogens with zero attached hydrogens (tertiary/aromatic N) is 1. The van der Waals surface area contributed by atoms with Gasteiger partial charge in [0.25, 0.3) is 5.91 Å². The number of alkyl halides is 3. The largest absolute Gasteiger partial charge is 0.419 e. The Bertz CT molecular complexity index is 888. The number of carbonyl (C=O) groups excluding carboxylic acids is 2. The standard InChI is InChI=1S/C17H12Cl2F4N2O2/c1-25(8-15(26)24-10-3-4-12(18)13(19)7-10)16(27)9-2-5-14(20)11(6-9)17(21,22)23/h2-7H,8H2,1H3,(H,24,26). The highest BCUT2D eigenvalue weighted by Gasteiger charge is 2.35. The first-order valence-electron chi connectivity index (χ1n) is 7.36. The lowest BCUT2D eigenvalue weighted by molar-refractivity contribution is -0.140. The molecule has 1 N–H and O–H groups in total. The topological polar surface area (TPSA) is 49.4 Å². The number of benzene rings is 2. The Hall–Kier alpha value is -2.32. The number of nitrogens with one attached hydrogen (secondary N) is 1. The van der Waals surface area contributed by atoms with Crippen LogP contribution < -0.4 is 5.32 Å². The molecule has 10 heteroatoms. The number of carbonyl (C=O) groups is 2. The predicted octanol–water partition coefficient (Wildman–Crippen LogP) is 4.86. The second-order valence-electron chi connectivity index (χ2n) is 5.53. The molecular formula is C17H12Cl2F4N2O2. The van der Waals surface area contributed by atoms with E-state index in [0.717, 1.165) is 11.0 Å². The van der Waals surface area contributed by atoms with Crippen molar-refractivity contribution in [2.75, 3.05) is 18.9 Å². The van der Waals surface area contributed by atoms with Gasteiger partial charge in [-0.3, -0.25) is 9.59 Å². The fourth-order valence-corrected chi connectivity index (χ4v) is 2.46. The van der Waals surface area contributed by atoms with E-state index < -0.39 is 41.5 Å². The summed E-state index contributed by atoms with van der Waals surface area (Å²) in [5.41, 5.74) is -1.62. The van der Waals surface area contributed by atoms with Gasteiger partial charge in [0, 0.05) is 18.3 Å². The van der Waals surface area contributed by atoms with E-state index in [0.29, 0.717) is 22.8 Å². The highest BCUT2D eigenvalue weighted by atomic mass is 35.5. The number of anilines is 1. The molecule has 2 rings (SSSR count). The molecule has 0 saturated heterocycles. The fraction of sp³-hybridized carbons (Fsp3) is 0.176. The summed E-state index contributed by atoms with van der Waals surface area (Å²) in [6.07, 6.45) is -4.94. The van der Waals surface area contributed by atoms with Crippen molar-refractivity contribution in [1.29, 1.82) is 0 Å². The van der Waals surface area contributed by atoms with Crippen LogP contribution in [0, 0.1) is 5.82 Å². The van der Waals surface area contributed by atoms with Crippen LogP contribution in [0.25, 0.3) is 0 Å². The second-order valence-corrected chi connectivity index (χ2v) is 6.35. The van der Waals surface area contributed by atoms with E-state index in [2.05, 4.69) is 5.32 Å². The van der Waals surface area contributed by atoms with Crippen LogP contribution in [-0.2, 0) is 11.0 Å². The van der Waals surface area contributed by atoms with Crippen molar-refractivity contribution >= 4 is 40.7 Å². The van der Waals surface area contributed by atoms with Crippen LogP contribution in [0.2, 0.25) is 10.0 Å². The summed E-state index contributed by atoms with van der Waals surface area (Å²) in [4.78, 5) is 25.2. The van der Waals surface area contributed by atoms with Crippen LogP contribution in [0.1, 0.15) is 15.9 Å². The lowest BCUT2D eigenvalue weighted by Gasteiger charge is -2.18. The van der Waals surface area contributed by atoms with Crippen molar-refractivity contribution in [3.8, 4) is 0 Å². The highest BCUT2D eigenvalue weighted by molar-refractivity contribution is 6.42. The van der Waals surface area contributed by atoms with Gasteiger partial charge in [-0.05, 0) is 36.4 Å². The van der Waals surface area contributed by atoms with Crippen molar-refractivity contribution in [2.45, 2.75) is 6.18 Å². The lowest BCUT2D eigenvalue weighted by atomic mass is 10.1. The molecular weight excluding hydrogens is 411 g/mol. The van der Waals surface area contributed by atoms with E-state index in [4.69, 9.17) is 23.2 Å². The summed E-state index contributed by atoms with van der Waals surface area (Å²) in [5, 5.41) is 2.98. The predicted molar refractivity (Wildman–Crippen MR) is 93.5 cm³/mol. The van der Waals surface area contributed by atoms with E-state index in [1.807, 2.05) is 0 Å². The monoisotopic (exact) mass is 422 g/mol. The molecule has 0 unspecified atom stereocenters. The van der Waals surface area contributed by atoms with Crippen molar-refractivity contribution in [3.63, 3.8) is 0 Å². The van der Waals surface area contributed by atoms with Crippen LogP contribution in [0.3, 0.4) is 0 Å². The summed E-state index contributed by atoms with van der Waals surface area (Å²) < 4.78 is 51.6. The first-order valence-corrected chi connectivity index (χ1v) is 8.11. The van der Waals surface area contributed by atoms with Gasteiger partial charge in [0.05, 0.1) is 22.2 Å². The molecule has 0 atom stereocenters. The number of halogens is 6. The molecule has 0 aliphatic rings. The molecule has 2 amide bonds. The Labute approximate surface area is 161 Å². The van der Waals surface area contributed by atoms with Gasteiger partial charge in [-0.1, -0.05) is 23.2 Å². The quantitative estimate of drug-likeness (QED) is 0.715. The maximum Gasteiger partial charge on any atom is 0.419 e. The summed E-state index contributed by atoms with van der Waals surface area (Å²) in [7, 11) is 1.23. The minimum absolute atomic E-state index is 0.213. The Kier molecular flexibility index (Phi) is 6.33. The average Bonchev–Trinajstić information content (AvgIpc) is 2.56. The van der Waals surface area contributed by atoms with Gasteiger partial charge < -0.3 is 10.2 Å². The van der Waals surface area contributed by atoms with Gasteiger partial charge in [-0.2, -0.15) is 13.2 Å². The third-order valence-electron chi connectivity index (χ3n) is 3.45. The molecule has 2 aromatic rings. The van der Waals surface area contributed by atoms with Gasteiger partial charge in [-0.15, -0.1) is 0 Å². The summed E-state index contributed by atoms with van der Waals surface area (Å²) in [5.74, 6) is -2.97. The molecule has 4 nitrogen and oxygen atoms in total. The van der Waals surface area contributed by atoms with Gasteiger partial charge in [-0.25, -0.2) is 4.39 Å². The second kappa shape index (κ2) is 8.14. The van der Waals surface area contributed by atoms with Gasteiger partial charge >= 0.3 is 6.18 Å². The Morgan fingerprint density at radius 1 is 1.07 bits per heavy atom. The van der Waals surface area contributed by atoms with E-state index in [1.165, 1.54) is 25.2 Å². The number of hydrogen-bond donors (Lipinski definition) is 1. The lowest BCUT2D eigenvalue weighted by Crippen LogP contribution is -2.35. The summed E-state index contributed by atoms with van der Waals surface area (Å²) in [6.45, 7) is -0.447. The molecule has 144 valence electrons. The van der Waals surface area contributed by atoms with E-state index in [1.54, 1.807) is 0 Å². The van der Waals surface area contributed by atoms with Crippen LogP contribution in [-0.4, -0.2) is 30.3 Å². The Balaban J connectivity index is 2.09. The number of amides is 2. The third-order valence-corrected chi connectivity index (χ3v) is 4.19. The van der Waals surface area contributed by atoms with E-state index in [9.17, 15) is 27.2 Å². The van der Waals surface area contributed by atoms with Crippen LogP contribution in [0.4, 0.5) is 23.2 Å². The molecule has 27 heavy (non-hydrogen) atoms. The smallest absolute Gasteiger partial charge is 0.332 e. The zero-order chi connectivity index (χ0) is 20.4. The Morgan fingerprint density at radius 2 is 1.74 bits per heavy atom. The summed E-state index contributed by atoms with van der Waals surface area (Å²) in [6, 6.07) is 6.24. The van der Waals surface area contributed by atoms with Gasteiger partial charge in [0.2, 0.25) is 5.91 Å². The van der Waals surface area contributed by atoms with Crippen LogP contribution in [0.15, 0.2) is 36.4 Å². The maximum atomic E-state index is 13.3. The van der Waals surface area contributed by atoms with Crippen molar-refractivity contribution in [3.05, 3.63) is 63.4 Å². The number of hydrogen-bond acceptors (Lipinski definition) is 2. The van der Waals surface area contributed by atoms with Crippen LogP contribution in [0.5, 0.6) is 0 Å². The number of rotatable bonds is 4. The normalized spacial score (nSPS) is 11.2. The molecule has 2 aromatic carbocycles. The molecule has 0 aromatic heterocycles. The molecule has 0 fully saturated rings. The molecule has 0 aliphatic carbocycles. The van der Waals surface area contributed by atoms with E-state index in [-0.39, 0.29) is 5.02 Å². The highest BCUT2D eigenvalue weighted by Crippen LogP contribution is 2.32. The van der Waals surface area contributed by atoms with Crippen LogP contribution >= 0.6 is 23.2 Å². The minimum Gasteiger partial charge on any atom is -0.332 e. The molecule has 0 radical (unpaired) electrons.